The highest BCUT2D eigenvalue weighted by molar-refractivity contribution is 8.13. The number of nitrogens with one attached hydrogen (secondary N) is 1. The molecule has 4 heteroatoms. The van der Waals surface area contributed by atoms with Crippen LogP contribution in [0.15, 0.2) is 18.3 Å². The van der Waals surface area contributed by atoms with Crippen LogP contribution in [0.2, 0.25) is 0 Å². The molecule has 1 heterocycles. The summed E-state index contributed by atoms with van der Waals surface area (Å²) >= 11 is 1.19. The average Bonchev–Trinajstić information content (AvgIpc) is 2.18. The number of rotatable bonds is 3. The zero-order chi connectivity index (χ0) is 9.68. The van der Waals surface area contributed by atoms with E-state index in [1.54, 1.807) is 12.5 Å². The smallest absolute Gasteiger partial charge is 0.237 e. The lowest BCUT2D eigenvalue weighted by molar-refractivity contribution is 0.108. The van der Waals surface area contributed by atoms with Crippen molar-refractivity contribution in [1.29, 1.82) is 0 Å². The highest BCUT2D eigenvalue weighted by Gasteiger charge is 2.09. The van der Waals surface area contributed by atoms with Gasteiger partial charge in [0.25, 0.3) is 0 Å². The van der Waals surface area contributed by atoms with Gasteiger partial charge in [-0.3, -0.25) is 9.78 Å². The molecule has 0 aliphatic heterocycles. The molecule has 1 rings (SSSR count). The molecular formula is C9H12N2OS. The molecule has 0 unspecified atom stereocenters. The third-order valence-corrected chi connectivity index (χ3v) is 2.20. The lowest BCUT2D eigenvalue weighted by Crippen LogP contribution is -2.10. The van der Waals surface area contributed by atoms with Gasteiger partial charge in [-0.2, -0.15) is 0 Å². The monoisotopic (exact) mass is 196 g/mol. The third kappa shape index (κ3) is 2.54. The molecule has 0 saturated carbocycles. The number of hydrogen-bond acceptors (Lipinski definition) is 4. The van der Waals surface area contributed by atoms with Gasteiger partial charge in [-0.25, -0.2) is 0 Å². The van der Waals surface area contributed by atoms with Gasteiger partial charge in [-0.1, -0.05) is 17.8 Å². The Bertz CT molecular complexity index is 301. The molecule has 0 radical (unpaired) electrons. The van der Waals surface area contributed by atoms with Gasteiger partial charge in [0.1, 0.15) is 5.69 Å². The summed E-state index contributed by atoms with van der Waals surface area (Å²) in [4.78, 5) is 15.4. The lowest BCUT2D eigenvalue weighted by Gasteiger charge is -2.04. The quantitative estimate of drug-likeness (QED) is 0.791. The zero-order valence-corrected chi connectivity index (χ0v) is 8.52. The van der Waals surface area contributed by atoms with Crippen molar-refractivity contribution in [3.63, 3.8) is 0 Å². The van der Waals surface area contributed by atoms with Crippen LogP contribution >= 0.6 is 11.8 Å². The number of pyridine rings is 1. The van der Waals surface area contributed by atoms with E-state index in [2.05, 4.69) is 10.3 Å². The van der Waals surface area contributed by atoms with Crippen LogP contribution in [-0.2, 0) is 6.54 Å². The van der Waals surface area contributed by atoms with Crippen LogP contribution in [0, 0.1) is 0 Å². The zero-order valence-electron chi connectivity index (χ0n) is 7.70. The van der Waals surface area contributed by atoms with E-state index in [1.165, 1.54) is 11.8 Å². The van der Waals surface area contributed by atoms with Crippen molar-refractivity contribution in [2.75, 3.05) is 13.3 Å². The third-order valence-electron chi connectivity index (χ3n) is 1.64. The van der Waals surface area contributed by atoms with Crippen LogP contribution < -0.4 is 5.32 Å². The average molecular weight is 196 g/mol. The van der Waals surface area contributed by atoms with Crippen molar-refractivity contribution in [1.82, 2.24) is 10.3 Å². The molecule has 0 amide bonds. The van der Waals surface area contributed by atoms with Crippen molar-refractivity contribution in [2.24, 2.45) is 0 Å². The molecule has 1 aromatic heterocycles. The van der Waals surface area contributed by atoms with Crippen LogP contribution in [0.4, 0.5) is 0 Å². The summed E-state index contributed by atoms with van der Waals surface area (Å²) in [5.74, 6) is 0. The van der Waals surface area contributed by atoms with Crippen LogP contribution in [-0.4, -0.2) is 23.4 Å². The highest BCUT2D eigenvalue weighted by atomic mass is 32.2. The van der Waals surface area contributed by atoms with E-state index in [0.717, 1.165) is 5.56 Å². The summed E-state index contributed by atoms with van der Waals surface area (Å²) in [6.45, 7) is 0.676. The Kier molecular flexibility index (Phi) is 3.92. The number of hydrogen-bond donors (Lipinski definition) is 1. The molecule has 13 heavy (non-hydrogen) atoms. The van der Waals surface area contributed by atoms with Gasteiger partial charge in [0.2, 0.25) is 5.12 Å². The minimum atomic E-state index is 0.0193. The van der Waals surface area contributed by atoms with Crippen molar-refractivity contribution in [3.8, 4) is 0 Å². The number of carbonyl (C=O) groups excluding carboxylic acids is 1. The van der Waals surface area contributed by atoms with Gasteiger partial charge in [0.15, 0.2) is 0 Å². The number of carbonyl (C=O) groups is 1. The minimum Gasteiger partial charge on any atom is -0.316 e. The van der Waals surface area contributed by atoms with Crippen LogP contribution in [0.1, 0.15) is 16.1 Å². The molecule has 0 aliphatic rings. The lowest BCUT2D eigenvalue weighted by atomic mass is 10.2. The first-order valence-corrected chi connectivity index (χ1v) is 5.19. The van der Waals surface area contributed by atoms with Gasteiger partial charge < -0.3 is 5.32 Å². The van der Waals surface area contributed by atoms with Gasteiger partial charge >= 0.3 is 0 Å². The fourth-order valence-corrected chi connectivity index (χ4v) is 1.43. The largest absolute Gasteiger partial charge is 0.316 e. The van der Waals surface area contributed by atoms with Crippen molar-refractivity contribution >= 4 is 16.9 Å². The van der Waals surface area contributed by atoms with Crippen molar-refractivity contribution < 1.29 is 4.79 Å². The van der Waals surface area contributed by atoms with E-state index >= 15 is 0 Å². The summed E-state index contributed by atoms with van der Waals surface area (Å²) < 4.78 is 0. The van der Waals surface area contributed by atoms with E-state index in [0.29, 0.717) is 12.2 Å². The first-order chi connectivity index (χ1) is 6.29. The minimum absolute atomic E-state index is 0.0193. The molecule has 0 spiro atoms. The molecule has 0 bridgehead atoms. The predicted molar refractivity (Wildman–Crippen MR) is 54.8 cm³/mol. The number of nitrogens with zero attached hydrogens (tertiary/aromatic N) is 1. The summed E-state index contributed by atoms with van der Waals surface area (Å²) in [5, 5.41) is 3.02. The highest BCUT2D eigenvalue weighted by Crippen LogP contribution is 2.11. The fourth-order valence-electron chi connectivity index (χ4n) is 1.05. The fraction of sp³-hybridized carbons (Fsp3) is 0.333. The van der Waals surface area contributed by atoms with Crippen LogP contribution in [0.3, 0.4) is 0 Å². The van der Waals surface area contributed by atoms with Gasteiger partial charge in [0.05, 0.1) is 0 Å². The Balaban J connectivity index is 2.97. The van der Waals surface area contributed by atoms with E-state index in [-0.39, 0.29) is 5.12 Å². The van der Waals surface area contributed by atoms with Crippen LogP contribution in [0.25, 0.3) is 0 Å². The molecule has 0 aliphatic carbocycles. The Morgan fingerprint density at radius 2 is 2.46 bits per heavy atom. The molecule has 1 aromatic rings. The second-order valence-electron chi connectivity index (χ2n) is 2.53. The summed E-state index contributed by atoms with van der Waals surface area (Å²) in [6.07, 6.45) is 3.41. The maximum atomic E-state index is 11.4. The Hall–Kier alpha value is -0.870. The number of thioether (sulfide) groups is 1. The molecule has 70 valence electrons. The van der Waals surface area contributed by atoms with Gasteiger partial charge in [-0.15, -0.1) is 0 Å². The summed E-state index contributed by atoms with van der Waals surface area (Å²) in [7, 11) is 1.85. The first-order valence-electron chi connectivity index (χ1n) is 3.96. The first kappa shape index (κ1) is 10.2. The maximum absolute atomic E-state index is 11.4. The Morgan fingerprint density at radius 3 is 3.08 bits per heavy atom. The van der Waals surface area contributed by atoms with E-state index in [4.69, 9.17) is 0 Å². The van der Waals surface area contributed by atoms with Gasteiger partial charge in [-0.05, 0) is 24.9 Å². The maximum Gasteiger partial charge on any atom is 0.237 e. The van der Waals surface area contributed by atoms with Crippen molar-refractivity contribution in [2.45, 2.75) is 6.54 Å². The summed E-state index contributed by atoms with van der Waals surface area (Å²) in [6, 6.07) is 3.75. The normalized spacial score (nSPS) is 10.0. The predicted octanol–water partition coefficient (Wildman–Crippen LogP) is 1.30. The van der Waals surface area contributed by atoms with E-state index in [1.807, 2.05) is 19.2 Å². The number of aromatic nitrogens is 1. The second-order valence-corrected chi connectivity index (χ2v) is 3.31. The topological polar surface area (TPSA) is 42.0 Å². The molecule has 0 atom stereocenters. The molecule has 0 aromatic carbocycles. The molecule has 0 fully saturated rings. The Labute approximate surface area is 81.9 Å². The molecular weight excluding hydrogens is 184 g/mol. The Morgan fingerprint density at radius 1 is 1.69 bits per heavy atom. The SMILES string of the molecule is CNCc1cccnc1C(=O)SC. The molecule has 0 saturated heterocycles. The van der Waals surface area contributed by atoms with E-state index < -0.39 is 0 Å². The van der Waals surface area contributed by atoms with Gasteiger partial charge in [0, 0.05) is 12.7 Å². The molecule has 3 nitrogen and oxygen atoms in total. The standard InChI is InChI=1S/C9H12N2OS/c1-10-6-7-4-3-5-11-8(7)9(12)13-2/h3-5,10H,6H2,1-2H3. The van der Waals surface area contributed by atoms with E-state index in [9.17, 15) is 4.79 Å². The summed E-state index contributed by atoms with van der Waals surface area (Å²) in [5.41, 5.74) is 1.51. The van der Waals surface area contributed by atoms with Crippen LogP contribution in [0.5, 0.6) is 0 Å². The second kappa shape index (κ2) is 4.99. The van der Waals surface area contributed by atoms with Crippen molar-refractivity contribution in [3.05, 3.63) is 29.6 Å². The molecule has 1 N–H and O–H groups in total.